The Bertz CT molecular complexity index is 1350. The largest absolute Gasteiger partial charge is 0.0914 e. The predicted molar refractivity (Wildman–Crippen MR) is 182 cm³/mol. The molecule has 0 saturated heterocycles. The van der Waals surface area contributed by atoms with Crippen LogP contribution < -0.4 is 0 Å². The highest BCUT2D eigenvalue weighted by atomic mass is 14.7. The Morgan fingerprint density at radius 1 is 0.364 bits per heavy atom. The summed E-state index contributed by atoms with van der Waals surface area (Å²) in [5, 5.41) is 0. The van der Waals surface area contributed by atoms with Crippen molar-refractivity contribution in [2.45, 2.75) is 65.2 Å². The molecule has 0 aromatic heterocycles. The van der Waals surface area contributed by atoms with Gasteiger partial charge in [-0.1, -0.05) is 85.1 Å². The Morgan fingerprint density at radius 3 is 1.32 bits per heavy atom. The van der Waals surface area contributed by atoms with Crippen molar-refractivity contribution >= 4 is 0 Å². The average molecular weight is 585 g/mol. The number of hydrogen-bond acceptors (Lipinski definition) is 0. The monoisotopic (exact) mass is 584 g/mol. The summed E-state index contributed by atoms with van der Waals surface area (Å²) in [6.07, 6.45) is 48.1. The van der Waals surface area contributed by atoms with Crippen molar-refractivity contribution in [1.29, 1.82) is 0 Å². The van der Waals surface area contributed by atoms with Gasteiger partial charge in [0.2, 0.25) is 0 Å². The number of fused-ring (bicyclic) bond motifs is 17. The molecule has 10 rings (SSSR count). The fraction of sp³-hybridized carbons (Fsp3) is 0.682. The Balaban J connectivity index is 0.921. The molecule has 0 spiro atoms. The minimum atomic E-state index is 0.761. The van der Waals surface area contributed by atoms with Crippen molar-refractivity contribution in [3.8, 4) is 0 Å². The van der Waals surface area contributed by atoms with Crippen LogP contribution >= 0.6 is 0 Å². The first-order chi connectivity index (χ1) is 21.7. The normalized spacial score (nSPS) is 58.7. The van der Waals surface area contributed by atoms with E-state index in [0.717, 1.165) is 118 Å². The van der Waals surface area contributed by atoms with Gasteiger partial charge in [0.1, 0.15) is 0 Å². The summed E-state index contributed by atoms with van der Waals surface area (Å²) in [4.78, 5) is 0. The molecular formula is C44H56. The topological polar surface area (TPSA) is 0 Å². The van der Waals surface area contributed by atoms with Crippen LogP contribution in [0.2, 0.25) is 0 Å². The third-order valence-electron chi connectivity index (χ3n) is 16.6. The van der Waals surface area contributed by atoms with E-state index in [9.17, 15) is 0 Å². The van der Waals surface area contributed by atoms with Crippen LogP contribution in [0.15, 0.2) is 85.1 Å². The minimum absolute atomic E-state index is 0.761. The summed E-state index contributed by atoms with van der Waals surface area (Å²) in [5.74, 6) is 18.1. The van der Waals surface area contributed by atoms with Crippen LogP contribution in [0, 0.1) is 118 Å². The van der Waals surface area contributed by atoms with Gasteiger partial charge in [0, 0.05) is 0 Å². The highest BCUT2D eigenvalue weighted by Crippen LogP contribution is 2.71. The van der Waals surface area contributed by atoms with E-state index in [-0.39, 0.29) is 0 Å². The maximum Gasteiger partial charge on any atom is -0.0133 e. The maximum atomic E-state index is 2.88. The van der Waals surface area contributed by atoms with E-state index in [1.165, 1.54) is 38.5 Å². The van der Waals surface area contributed by atoms with Gasteiger partial charge in [0.05, 0.1) is 0 Å². The highest BCUT2D eigenvalue weighted by Gasteiger charge is 2.65. The van der Waals surface area contributed by atoms with E-state index >= 15 is 0 Å². The van der Waals surface area contributed by atoms with Crippen molar-refractivity contribution in [3.05, 3.63) is 85.1 Å². The molecule has 10 aliphatic carbocycles. The third kappa shape index (κ3) is 3.75. The molecule has 20 unspecified atom stereocenters. The second-order valence-electron chi connectivity index (χ2n) is 17.7. The van der Waals surface area contributed by atoms with Crippen molar-refractivity contribution in [1.82, 2.24) is 0 Å². The number of hydrogen-bond donors (Lipinski definition) is 0. The Morgan fingerprint density at radius 2 is 0.773 bits per heavy atom. The Kier molecular flexibility index (Phi) is 6.42. The van der Waals surface area contributed by atoms with E-state index in [4.69, 9.17) is 0 Å². The zero-order chi connectivity index (χ0) is 29.1. The zero-order valence-electron chi connectivity index (χ0n) is 27.3. The molecule has 0 N–H and O–H groups in total. The van der Waals surface area contributed by atoms with Crippen LogP contribution in [-0.4, -0.2) is 0 Å². The Labute approximate surface area is 268 Å². The lowest BCUT2D eigenvalue weighted by Crippen LogP contribution is -2.34. The van der Waals surface area contributed by atoms with Crippen LogP contribution in [-0.2, 0) is 0 Å². The quantitative estimate of drug-likeness (QED) is 0.272. The standard InChI is InChI=1S/C44H56/c1-3-8-25-20-26(32-11-5-10-31(25)32)16-17-28-22-30(44-40-24-39(43(28)44)35-14-7-15-36(35)40)19-18-29-21-27(9-4-2)41-37-23-38(42(29)41)34-13-6-12-33(34)37/h3-9,11-12,14,16-19,25-44H,10,13,15,20-24H2,1-2H3/b8-3+,9-4+,17-16+,19-18+. The molecule has 0 amide bonds. The SMILES string of the molecule is C/C=C/C1CC(/C=C/C2CC(/C=C/C3CC(/C=C/C)C4C5CC(C6CC=CC65)C34)C3C4CC(C5C=CCC54)C23)C2C=CCC12. The first-order valence-electron chi connectivity index (χ1n) is 19.4. The maximum absolute atomic E-state index is 2.88. The lowest BCUT2D eigenvalue weighted by Gasteiger charge is -2.38. The molecule has 0 heterocycles. The summed E-state index contributed by atoms with van der Waals surface area (Å²) in [7, 11) is 0. The predicted octanol–water partition coefficient (Wildman–Crippen LogP) is 10.5. The minimum Gasteiger partial charge on any atom is -0.0914 e. The molecule has 0 radical (unpaired) electrons. The second kappa shape index (κ2) is 10.3. The molecule has 0 heteroatoms. The van der Waals surface area contributed by atoms with E-state index in [1.54, 1.807) is 12.8 Å². The van der Waals surface area contributed by atoms with Crippen LogP contribution in [0.4, 0.5) is 0 Å². The molecule has 7 fully saturated rings. The summed E-state index contributed by atoms with van der Waals surface area (Å²) in [5.41, 5.74) is 0. The lowest BCUT2D eigenvalue weighted by molar-refractivity contribution is 0.124. The van der Waals surface area contributed by atoms with Gasteiger partial charge in [0.15, 0.2) is 0 Å². The van der Waals surface area contributed by atoms with E-state index in [2.05, 4.69) is 98.9 Å². The fourth-order valence-electron chi connectivity index (χ4n) is 15.6. The van der Waals surface area contributed by atoms with E-state index in [0.29, 0.717) is 0 Å². The summed E-state index contributed by atoms with van der Waals surface area (Å²) < 4.78 is 0. The van der Waals surface area contributed by atoms with E-state index in [1.807, 2.05) is 0 Å². The molecular weight excluding hydrogens is 528 g/mol. The van der Waals surface area contributed by atoms with Crippen molar-refractivity contribution in [2.75, 3.05) is 0 Å². The molecule has 0 aromatic rings. The molecule has 7 saturated carbocycles. The molecule has 0 nitrogen and oxygen atoms in total. The molecule has 44 heavy (non-hydrogen) atoms. The lowest BCUT2D eigenvalue weighted by atomic mass is 9.66. The van der Waals surface area contributed by atoms with Gasteiger partial charge in [-0.15, -0.1) is 0 Å². The van der Waals surface area contributed by atoms with Gasteiger partial charge >= 0.3 is 0 Å². The second-order valence-corrected chi connectivity index (χ2v) is 17.7. The van der Waals surface area contributed by atoms with Crippen molar-refractivity contribution in [3.63, 3.8) is 0 Å². The summed E-state index contributed by atoms with van der Waals surface area (Å²) in [6, 6.07) is 0. The van der Waals surface area contributed by atoms with Gasteiger partial charge in [-0.05, 0) is 184 Å². The Hall–Kier alpha value is -1.82. The van der Waals surface area contributed by atoms with Crippen LogP contribution in [0.1, 0.15) is 65.2 Å². The van der Waals surface area contributed by atoms with Crippen LogP contribution in [0.5, 0.6) is 0 Å². The fourth-order valence-corrected chi connectivity index (χ4v) is 15.6. The van der Waals surface area contributed by atoms with Gasteiger partial charge in [-0.2, -0.15) is 0 Å². The molecule has 20 atom stereocenters. The van der Waals surface area contributed by atoms with Gasteiger partial charge < -0.3 is 0 Å². The zero-order valence-corrected chi connectivity index (χ0v) is 27.3. The first kappa shape index (κ1) is 27.3. The number of rotatable bonds is 6. The van der Waals surface area contributed by atoms with Crippen molar-refractivity contribution in [2.24, 2.45) is 118 Å². The summed E-state index contributed by atoms with van der Waals surface area (Å²) in [6.45, 7) is 4.49. The van der Waals surface area contributed by atoms with Crippen LogP contribution in [0.25, 0.3) is 0 Å². The van der Waals surface area contributed by atoms with Crippen LogP contribution in [0.3, 0.4) is 0 Å². The highest BCUT2D eigenvalue weighted by molar-refractivity contribution is 5.26. The summed E-state index contributed by atoms with van der Waals surface area (Å²) >= 11 is 0. The molecule has 10 aliphatic rings. The van der Waals surface area contributed by atoms with Gasteiger partial charge in [-0.3, -0.25) is 0 Å². The molecule has 4 bridgehead atoms. The molecule has 0 aromatic carbocycles. The van der Waals surface area contributed by atoms with E-state index < -0.39 is 0 Å². The molecule has 0 aliphatic heterocycles. The first-order valence-corrected chi connectivity index (χ1v) is 19.4. The number of allylic oxidation sites excluding steroid dienone is 14. The smallest absolute Gasteiger partial charge is 0.0133 e. The third-order valence-corrected chi connectivity index (χ3v) is 16.6. The van der Waals surface area contributed by atoms with Gasteiger partial charge in [0.25, 0.3) is 0 Å². The van der Waals surface area contributed by atoms with Gasteiger partial charge in [-0.25, -0.2) is 0 Å². The molecule has 232 valence electrons. The van der Waals surface area contributed by atoms with Crippen molar-refractivity contribution < 1.29 is 0 Å². The average Bonchev–Trinajstić information content (AvgIpc) is 3.83.